The summed E-state index contributed by atoms with van der Waals surface area (Å²) >= 11 is 0. The van der Waals surface area contributed by atoms with E-state index in [1.807, 2.05) is 0 Å². The Balaban J connectivity index is 4.57. The zero-order chi connectivity index (χ0) is 16.5. The highest BCUT2D eigenvalue weighted by molar-refractivity contribution is 7.46. The molecular formula is C16H35O4P. The molecule has 5 heteroatoms. The second-order valence-corrected chi connectivity index (χ2v) is 8.44. The first-order valence-electron chi connectivity index (χ1n) is 8.33. The normalized spacial score (nSPS) is 16.0. The number of hydrogen-bond donors (Lipinski definition) is 2. The van der Waals surface area contributed by atoms with Crippen LogP contribution in [0, 0.1) is 11.3 Å². The SMILES string of the molecule is CCCCCC(CC)C(CCCC(C)(C)C)OP(=O)(O)O. The van der Waals surface area contributed by atoms with Crippen molar-refractivity contribution in [3.63, 3.8) is 0 Å². The summed E-state index contributed by atoms with van der Waals surface area (Å²) in [5.74, 6) is 0.240. The van der Waals surface area contributed by atoms with E-state index in [0.717, 1.165) is 44.9 Å². The van der Waals surface area contributed by atoms with Crippen LogP contribution >= 0.6 is 7.82 Å². The van der Waals surface area contributed by atoms with Gasteiger partial charge >= 0.3 is 7.82 Å². The van der Waals surface area contributed by atoms with Gasteiger partial charge in [-0.25, -0.2) is 4.57 Å². The fourth-order valence-corrected chi connectivity index (χ4v) is 3.32. The van der Waals surface area contributed by atoms with Crippen LogP contribution in [0.3, 0.4) is 0 Å². The standard InChI is InChI=1S/C16H35O4P/c1-6-8-9-11-14(7-2)15(20-21(17,18)19)12-10-13-16(3,4)5/h14-15H,6-13H2,1-5H3,(H2,17,18,19). The van der Waals surface area contributed by atoms with Gasteiger partial charge in [0, 0.05) is 0 Å². The summed E-state index contributed by atoms with van der Waals surface area (Å²) in [5.41, 5.74) is 0.247. The van der Waals surface area contributed by atoms with Crippen LogP contribution < -0.4 is 0 Å². The Hall–Kier alpha value is 0.110. The third kappa shape index (κ3) is 12.3. The molecule has 0 bridgehead atoms. The van der Waals surface area contributed by atoms with Crippen molar-refractivity contribution >= 4 is 7.82 Å². The van der Waals surface area contributed by atoms with Gasteiger partial charge in [-0.1, -0.05) is 66.7 Å². The van der Waals surface area contributed by atoms with Crippen LogP contribution in [0.2, 0.25) is 0 Å². The molecule has 0 aliphatic rings. The predicted molar refractivity (Wildman–Crippen MR) is 88.1 cm³/mol. The quantitative estimate of drug-likeness (QED) is 0.401. The van der Waals surface area contributed by atoms with Gasteiger partial charge in [-0.05, 0) is 30.6 Å². The van der Waals surface area contributed by atoms with Crippen molar-refractivity contribution in [1.82, 2.24) is 0 Å². The van der Waals surface area contributed by atoms with E-state index in [2.05, 4.69) is 34.6 Å². The van der Waals surface area contributed by atoms with Crippen molar-refractivity contribution in [2.24, 2.45) is 11.3 Å². The second kappa shape index (κ2) is 9.99. The Labute approximate surface area is 130 Å². The van der Waals surface area contributed by atoms with Gasteiger partial charge in [-0.3, -0.25) is 4.52 Å². The minimum absolute atomic E-state index is 0.240. The summed E-state index contributed by atoms with van der Waals surface area (Å²) in [6, 6.07) is 0. The summed E-state index contributed by atoms with van der Waals surface area (Å²) in [6.07, 6.45) is 7.72. The van der Waals surface area contributed by atoms with Gasteiger partial charge in [0.25, 0.3) is 0 Å². The minimum Gasteiger partial charge on any atom is -0.303 e. The fourth-order valence-electron chi connectivity index (χ4n) is 2.69. The summed E-state index contributed by atoms with van der Waals surface area (Å²) in [7, 11) is -4.41. The molecule has 0 radical (unpaired) electrons. The Bertz CT molecular complexity index is 306. The Kier molecular flexibility index (Phi) is 10.0. The first-order valence-corrected chi connectivity index (χ1v) is 9.86. The third-order valence-corrected chi connectivity index (χ3v) is 4.46. The first kappa shape index (κ1) is 21.1. The molecule has 2 unspecified atom stereocenters. The number of rotatable bonds is 11. The lowest BCUT2D eigenvalue weighted by atomic mass is 9.86. The van der Waals surface area contributed by atoms with Crippen molar-refractivity contribution in [2.45, 2.75) is 92.1 Å². The Morgan fingerprint density at radius 2 is 1.67 bits per heavy atom. The largest absolute Gasteiger partial charge is 0.469 e. The maximum atomic E-state index is 11.2. The maximum Gasteiger partial charge on any atom is 0.469 e. The van der Waals surface area contributed by atoms with Gasteiger partial charge in [-0.15, -0.1) is 0 Å². The summed E-state index contributed by atoms with van der Waals surface area (Å²) in [5, 5.41) is 0. The molecule has 0 aromatic heterocycles. The fraction of sp³-hybridized carbons (Fsp3) is 1.00. The van der Waals surface area contributed by atoms with Crippen LogP contribution in [0.25, 0.3) is 0 Å². The number of phosphoric ester groups is 1. The van der Waals surface area contributed by atoms with Gasteiger partial charge in [0.05, 0.1) is 6.10 Å². The lowest BCUT2D eigenvalue weighted by Gasteiger charge is -2.28. The van der Waals surface area contributed by atoms with E-state index in [9.17, 15) is 4.57 Å². The lowest BCUT2D eigenvalue weighted by Crippen LogP contribution is -2.23. The van der Waals surface area contributed by atoms with Crippen molar-refractivity contribution in [3.8, 4) is 0 Å². The molecular weight excluding hydrogens is 287 g/mol. The van der Waals surface area contributed by atoms with E-state index < -0.39 is 7.82 Å². The van der Waals surface area contributed by atoms with Gasteiger partial charge in [-0.2, -0.15) is 0 Å². The predicted octanol–water partition coefficient (Wildman–Crippen LogP) is 5.29. The average molecular weight is 322 g/mol. The summed E-state index contributed by atoms with van der Waals surface area (Å²) in [4.78, 5) is 18.3. The highest BCUT2D eigenvalue weighted by Gasteiger charge is 2.28. The van der Waals surface area contributed by atoms with Crippen molar-refractivity contribution in [1.29, 1.82) is 0 Å². The van der Waals surface area contributed by atoms with E-state index >= 15 is 0 Å². The zero-order valence-electron chi connectivity index (χ0n) is 14.5. The summed E-state index contributed by atoms with van der Waals surface area (Å²) < 4.78 is 16.3. The molecule has 2 atom stereocenters. The van der Waals surface area contributed by atoms with E-state index in [1.165, 1.54) is 6.42 Å². The van der Waals surface area contributed by atoms with Crippen LogP contribution in [0.4, 0.5) is 0 Å². The van der Waals surface area contributed by atoms with Gasteiger partial charge in [0.15, 0.2) is 0 Å². The molecule has 0 saturated heterocycles. The molecule has 0 heterocycles. The number of phosphoric acid groups is 1. The molecule has 0 aromatic rings. The molecule has 0 aliphatic heterocycles. The molecule has 4 nitrogen and oxygen atoms in total. The number of hydrogen-bond acceptors (Lipinski definition) is 2. The molecule has 0 aliphatic carbocycles. The van der Waals surface area contributed by atoms with E-state index in [4.69, 9.17) is 14.3 Å². The van der Waals surface area contributed by atoms with Crippen LogP contribution in [-0.2, 0) is 9.09 Å². The van der Waals surface area contributed by atoms with Gasteiger partial charge < -0.3 is 9.79 Å². The zero-order valence-corrected chi connectivity index (χ0v) is 15.4. The van der Waals surface area contributed by atoms with Crippen LogP contribution in [0.15, 0.2) is 0 Å². The van der Waals surface area contributed by atoms with E-state index in [0.29, 0.717) is 0 Å². The highest BCUT2D eigenvalue weighted by Crippen LogP contribution is 2.42. The van der Waals surface area contributed by atoms with Crippen molar-refractivity contribution < 1.29 is 18.9 Å². The molecule has 128 valence electrons. The molecule has 0 aromatic carbocycles. The van der Waals surface area contributed by atoms with E-state index in [-0.39, 0.29) is 17.4 Å². The van der Waals surface area contributed by atoms with Gasteiger partial charge in [0.1, 0.15) is 0 Å². The Morgan fingerprint density at radius 3 is 2.10 bits per heavy atom. The first-order chi connectivity index (χ1) is 9.59. The molecule has 2 N–H and O–H groups in total. The average Bonchev–Trinajstić information content (AvgIpc) is 2.30. The van der Waals surface area contributed by atoms with Crippen LogP contribution in [0.1, 0.15) is 86.0 Å². The number of unbranched alkanes of at least 4 members (excludes halogenated alkanes) is 2. The minimum atomic E-state index is -4.41. The smallest absolute Gasteiger partial charge is 0.303 e. The Morgan fingerprint density at radius 1 is 1.05 bits per heavy atom. The molecule has 0 saturated carbocycles. The third-order valence-electron chi connectivity index (χ3n) is 3.92. The lowest BCUT2D eigenvalue weighted by molar-refractivity contribution is 0.0707. The second-order valence-electron chi connectivity index (χ2n) is 7.25. The highest BCUT2D eigenvalue weighted by atomic mass is 31.2. The van der Waals surface area contributed by atoms with Crippen LogP contribution in [-0.4, -0.2) is 15.9 Å². The molecule has 0 rings (SSSR count). The molecule has 0 fully saturated rings. The molecule has 0 spiro atoms. The van der Waals surface area contributed by atoms with Crippen molar-refractivity contribution in [2.75, 3.05) is 0 Å². The van der Waals surface area contributed by atoms with E-state index in [1.54, 1.807) is 0 Å². The van der Waals surface area contributed by atoms with Gasteiger partial charge in [0.2, 0.25) is 0 Å². The molecule has 21 heavy (non-hydrogen) atoms. The summed E-state index contributed by atoms with van der Waals surface area (Å²) in [6.45, 7) is 10.8. The van der Waals surface area contributed by atoms with Crippen molar-refractivity contribution in [3.05, 3.63) is 0 Å². The molecule has 0 amide bonds. The van der Waals surface area contributed by atoms with Crippen LogP contribution in [0.5, 0.6) is 0 Å². The topological polar surface area (TPSA) is 66.8 Å². The monoisotopic (exact) mass is 322 g/mol. The maximum absolute atomic E-state index is 11.2.